The molecule has 3 aromatic rings. The number of allylic oxidation sites excluding steroid dienone is 1. The Labute approximate surface area is 197 Å². The third-order valence-electron chi connectivity index (χ3n) is 5.78. The first kappa shape index (κ1) is 21.6. The van der Waals surface area contributed by atoms with E-state index in [4.69, 9.17) is 30.5 Å². The summed E-state index contributed by atoms with van der Waals surface area (Å²) in [6.45, 7) is 4.91. The Morgan fingerprint density at radius 3 is 2.73 bits per heavy atom. The van der Waals surface area contributed by atoms with Crippen molar-refractivity contribution in [3.63, 3.8) is 0 Å². The number of carbonyl (C=O) groups is 1. The van der Waals surface area contributed by atoms with Crippen molar-refractivity contribution in [1.82, 2.24) is 0 Å². The fraction of sp³-hybridized carbons (Fsp3) is 0.222. The lowest BCUT2D eigenvalue weighted by Gasteiger charge is -2.21. The van der Waals surface area contributed by atoms with Gasteiger partial charge in [-0.05, 0) is 54.3 Å². The molecule has 0 spiro atoms. The third kappa shape index (κ3) is 4.34. The number of benzene rings is 3. The van der Waals surface area contributed by atoms with Crippen LogP contribution in [0, 0.1) is 6.92 Å². The van der Waals surface area contributed by atoms with Crippen molar-refractivity contribution >= 4 is 23.5 Å². The highest BCUT2D eigenvalue weighted by molar-refractivity contribution is 6.30. The van der Waals surface area contributed by atoms with Gasteiger partial charge in [0.1, 0.15) is 23.9 Å². The molecule has 0 atom stereocenters. The number of carbonyl (C=O) groups excluding carboxylic acids is 1. The van der Waals surface area contributed by atoms with Crippen molar-refractivity contribution in [1.29, 1.82) is 0 Å². The monoisotopic (exact) mass is 462 g/mol. The van der Waals surface area contributed by atoms with Gasteiger partial charge in [-0.2, -0.15) is 0 Å². The van der Waals surface area contributed by atoms with E-state index in [1.807, 2.05) is 37.3 Å². The molecule has 0 N–H and O–H groups in total. The van der Waals surface area contributed by atoms with E-state index >= 15 is 0 Å². The Bertz CT molecular complexity index is 1260. The van der Waals surface area contributed by atoms with Crippen LogP contribution in [0.5, 0.6) is 17.2 Å². The van der Waals surface area contributed by atoms with E-state index < -0.39 is 0 Å². The fourth-order valence-electron chi connectivity index (χ4n) is 4.09. The predicted octanol–water partition coefficient (Wildman–Crippen LogP) is 6.27. The summed E-state index contributed by atoms with van der Waals surface area (Å²) in [5, 5.41) is 0.599. The van der Waals surface area contributed by atoms with Crippen LogP contribution in [-0.4, -0.2) is 12.6 Å². The number of hydrogen-bond acceptors (Lipinski definition) is 5. The third-order valence-corrected chi connectivity index (χ3v) is 5.99. The van der Waals surface area contributed by atoms with Crippen LogP contribution < -0.4 is 14.2 Å². The van der Waals surface area contributed by atoms with Gasteiger partial charge in [-0.3, -0.25) is 4.79 Å². The van der Waals surface area contributed by atoms with Gasteiger partial charge in [-0.15, -0.1) is 0 Å². The molecule has 0 unspecified atom stereocenters. The van der Waals surface area contributed by atoms with Crippen molar-refractivity contribution in [2.75, 3.05) is 6.79 Å². The van der Waals surface area contributed by atoms with Crippen LogP contribution in [0.2, 0.25) is 5.02 Å². The minimum absolute atomic E-state index is 0.120. The average Bonchev–Trinajstić information content (AvgIpc) is 3.13. The molecule has 5 rings (SSSR count). The van der Waals surface area contributed by atoms with E-state index in [-0.39, 0.29) is 19.2 Å². The molecule has 0 bridgehead atoms. The number of Topliss-reactive ketones (excluding diaryl/α,β-unsaturated/α-hetero) is 1. The SMILES string of the molecule is CCc1ccc(/C=C2\Oc3cc(OCc4cc(Cl)cc5c4OCOC5)cc(C)c3C2=O)cc1. The first-order chi connectivity index (χ1) is 16.0. The summed E-state index contributed by atoms with van der Waals surface area (Å²) < 4.78 is 23.0. The van der Waals surface area contributed by atoms with Crippen LogP contribution in [0.15, 0.2) is 54.3 Å². The molecule has 168 valence electrons. The van der Waals surface area contributed by atoms with E-state index in [2.05, 4.69) is 19.1 Å². The Balaban J connectivity index is 1.37. The molecule has 0 saturated carbocycles. The van der Waals surface area contributed by atoms with E-state index in [1.54, 1.807) is 12.1 Å². The number of ketones is 1. The summed E-state index contributed by atoms with van der Waals surface area (Å²) in [6.07, 6.45) is 2.75. The van der Waals surface area contributed by atoms with Gasteiger partial charge in [0.2, 0.25) is 5.78 Å². The number of hydrogen-bond donors (Lipinski definition) is 0. The van der Waals surface area contributed by atoms with Crippen LogP contribution >= 0.6 is 11.6 Å². The molecule has 0 aromatic heterocycles. The van der Waals surface area contributed by atoms with Crippen molar-refractivity contribution in [3.8, 4) is 17.2 Å². The Hall–Kier alpha value is -3.28. The van der Waals surface area contributed by atoms with Gasteiger partial charge in [-0.1, -0.05) is 42.8 Å². The maximum absolute atomic E-state index is 13.0. The number of aryl methyl sites for hydroxylation is 2. The zero-order chi connectivity index (χ0) is 22.9. The standard InChI is InChI=1S/C27H23ClO5/c1-3-17-4-6-18(7-5-17)9-24-26(29)25-16(2)8-22(12-23(25)33-24)31-14-20-11-21(28)10-19-13-30-15-32-27(19)20/h4-12H,3,13-15H2,1-2H3/b24-9-. The highest BCUT2D eigenvalue weighted by atomic mass is 35.5. The number of halogens is 1. The molecule has 3 aromatic carbocycles. The van der Waals surface area contributed by atoms with Gasteiger partial charge in [-0.25, -0.2) is 0 Å². The second-order valence-electron chi connectivity index (χ2n) is 8.10. The van der Waals surface area contributed by atoms with Gasteiger partial charge < -0.3 is 18.9 Å². The van der Waals surface area contributed by atoms with Crippen LogP contribution in [-0.2, 0) is 24.4 Å². The lowest BCUT2D eigenvalue weighted by molar-refractivity contribution is -0.0175. The van der Waals surface area contributed by atoms with E-state index in [1.165, 1.54) is 5.56 Å². The molecule has 0 aliphatic carbocycles. The first-order valence-electron chi connectivity index (χ1n) is 10.8. The molecule has 2 aliphatic heterocycles. The Morgan fingerprint density at radius 2 is 1.94 bits per heavy atom. The Kier molecular flexibility index (Phi) is 5.83. The lowest BCUT2D eigenvalue weighted by atomic mass is 10.0. The van der Waals surface area contributed by atoms with Crippen LogP contribution in [0.4, 0.5) is 0 Å². The van der Waals surface area contributed by atoms with Crippen molar-refractivity contribution in [2.24, 2.45) is 0 Å². The molecule has 5 nitrogen and oxygen atoms in total. The minimum atomic E-state index is -0.120. The summed E-state index contributed by atoms with van der Waals surface area (Å²) in [5.74, 6) is 2.05. The molecule has 6 heteroatoms. The molecule has 0 radical (unpaired) electrons. The second-order valence-corrected chi connectivity index (χ2v) is 8.54. The van der Waals surface area contributed by atoms with E-state index in [0.29, 0.717) is 34.5 Å². The lowest BCUT2D eigenvalue weighted by Crippen LogP contribution is -2.14. The van der Waals surface area contributed by atoms with Gasteiger partial charge in [0.15, 0.2) is 12.6 Å². The van der Waals surface area contributed by atoms with E-state index in [0.717, 1.165) is 34.4 Å². The van der Waals surface area contributed by atoms with E-state index in [9.17, 15) is 4.79 Å². The minimum Gasteiger partial charge on any atom is -0.489 e. The number of fused-ring (bicyclic) bond motifs is 2. The van der Waals surface area contributed by atoms with Crippen molar-refractivity contribution < 1.29 is 23.7 Å². The summed E-state index contributed by atoms with van der Waals surface area (Å²) in [4.78, 5) is 13.0. The number of ether oxygens (including phenoxy) is 4. The van der Waals surface area contributed by atoms with Crippen LogP contribution in [0.3, 0.4) is 0 Å². The molecule has 2 heterocycles. The summed E-state index contributed by atoms with van der Waals surface area (Å²) in [5.41, 5.74) is 5.28. The molecular formula is C27H23ClO5. The largest absolute Gasteiger partial charge is 0.489 e. The molecule has 0 amide bonds. The van der Waals surface area contributed by atoms with Gasteiger partial charge >= 0.3 is 0 Å². The van der Waals surface area contributed by atoms with Crippen LogP contribution in [0.1, 0.15) is 45.1 Å². The van der Waals surface area contributed by atoms with Crippen LogP contribution in [0.25, 0.3) is 6.08 Å². The normalized spacial score (nSPS) is 15.6. The van der Waals surface area contributed by atoms with Crippen molar-refractivity contribution in [3.05, 3.63) is 92.7 Å². The van der Waals surface area contributed by atoms with Gasteiger partial charge in [0.05, 0.1) is 12.2 Å². The smallest absolute Gasteiger partial charge is 0.232 e. The molecule has 33 heavy (non-hydrogen) atoms. The fourth-order valence-corrected chi connectivity index (χ4v) is 4.35. The first-order valence-corrected chi connectivity index (χ1v) is 11.2. The van der Waals surface area contributed by atoms with Gasteiger partial charge in [0.25, 0.3) is 0 Å². The Morgan fingerprint density at radius 1 is 1.12 bits per heavy atom. The molecule has 2 aliphatic rings. The summed E-state index contributed by atoms with van der Waals surface area (Å²) in [6, 6.07) is 15.4. The summed E-state index contributed by atoms with van der Waals surface area (Å²) in [7, 11) is 0. The molecule has 0 saturated heterocycles. The zero-order valence-electron chi connectivity index (χ0n) is 18.4. The van der Waals surface area contributed by atoms with Gasteiger partial charge in [0, 0.05) is 22.2 Å². The quantitative estimate of drug-likeness (QED) is 0.418. The topological polar surface area (TPSA) is 54.0 Å². The van der Waals surface area contributed by atoms with Crippen molar-refractivity contribution in [2.45, 2.75) is 33.5 Å². The zero-order valence-corrected chi connectivity index (χ0v) is 19.2. The maximum Gasteiger partial charge on any atom is 0.232 e. The average molecular weight is 463 g/mol. The second kappa shape index (κ2) is 8.93. The maximum atomic E-state index is 13.0. The number of rotatable bonds is 5. The summed E-state index contributed by atoms with van der Waals surface area (Å²) >= 11 is 6.25. The predicted molar refractivity (Wildman–Crippen MR) is 126 cm³/mol. The highest BCUT2D eigenvalue weighted by Crippen LogP contribution is 2.38. The molecule has 0 fully saturated rings. The molecular weight excluding hydrogens is 440 g/mol. The highest BCUT2D eigenvalue weighted by Gasteiger charge is 2.30.